The molecule has 0 aliphatic carbocycles. The molecule has 0 aromatic heterocycles. The van der Waals surface area contributed by atoms with Gasteiger partial charge in [0.2, 0.25) is 0 Å². The van der Waals surface area contributed by atoms with Crippen molar-refractivity contribution in [3.05, 3.63) is 0 Å². The Morgan fingerprint density at radius 3 is 0.451 bits per heavy atom. The molecule has 0 saturated heterocycles. The molecule has 0 saturated carbocycles. The van der Waals surface area contributed by atoms with Crippen molar-refractivity contribution in [1.29, 1.82) is 0 Å². The molecule has 0 fully saturated rings. The van der Waals surface area contributed by atoms with Crippen molar-refractivity contribution in [2.45, 2.75) is 55.4 Å². The van der Waals surface area contributed by atoms with Crippen molar-refractivity contribution in [3.63, 3.8) is 0 Å². The molecule has 0 spiro atoms. The quantitative estimate of drug-likeness (QED) is 0.0451. The summed E-state index contributed by atoms with van der Waals surface area (Å²) in [4.78, 5) is 0. The standard InChI is InChI=1S/2C18H40O4P2.2O.Tc/c2*1-5-19-9-13-23(14-10-20-6-2)17-18-24(15-11-21-7-3)16-12-22-8-4;;;/h2*5-18H2,1-4H3;;;/q;;2*-2;+4. The molecule has 1 radical (unpaired) electrons. The molecule has 0 amide bonds. The first kappa shape index (κ1) is 62.2. The molecule has 311 valence electrons. The van der Waals surface area contributed by atoms with Crippen LogP contribution in [-0.2, 0) is 69.0 Å². The van der Waals surface area contributed by atoms with Crippen molar-refractivity contribution < 1.29 is 69.0 Å². The molecule has 10 nitrogen and oxygen atoms in total. The zero-order valence-corrected chi connectivity index (χ0v) is 39.5. The Labute approximate surface area is 334 Å². The van der Waals surface area contributed by atoms with Gasteiger partial charge >= 0.3 is 20.1 Å². The summed E-state index contributed by atoms with van der Waals surface area (Å²) >= 11 is 0. The van der Waals surface area contributed by atoms with Crippen LogP contribution in [0.15, 0.2) is 0 Å². The molecule has 0 aliphatic rings. The molecule has 0 aromatic rings. The van der Waals surface area contributed by atoms with Crippen LogP contribution in [0.3, 0.4) is 0 Å². The SMILES string of the molecule is CCOCCP(CCOCC)CCP(CCOCC)CCOCC.CCOCCP(CCOCC)CCP(CCOCC)CCOCC.[O-2].[O-2].[Tc+4]. The molecule has 0 aliphatic heterocycles. The van der Waals surface area contributed by atoms with Crippen molar-refractivity contribution in [3.8, 4) is 0 Å². The summed E-state index contributed by atoms with van der Waals surface area (Å²) in [5, 5.41) is 0. The van der Waals surface area contributed by atoms with Gasteiger partial charge in [-0.25, -0.2) is 0 Å². The topological polar surface area (TPSA) is 131 Å². The van der Waals surface area contributed by atoms with E-state index in [4.69, 9.17) is 37.9 Å². The smallest absolute Gasteiger partial charge is 2.00 e. The molecule has 0 bridgehead atoms. The van der Waals surface area contributed by atoms with Gasteiger partial charge in [-0.2, -0.15) is 0 Å². The Morgan fingerprint density at radius 1 is 0.235 bits per heavy atom. The van der Waals surface area contributed by atoms with Gasteiger partial charge in [-0.15, -0.1) is 31.7 Å². The Morgan fingerprint density at radius 2 is 0.353 bits per heavy atom. The van der Waals surface area contributed by atoms with Gasteiger partial charge in [0.05, 0.1) is 52.9 Å². The van der Waals surface area contributed by atoms with Crippen LogP contribution >= 0.6 is 31.7 Å². The minimum absolute atomic E-state index is 0. The molecular weight excluding hydrogens is 814 g/mol. The summed E-state index contributed by atoms with van der Waals surface area (Å²) in [6.07, 6.45) is 15.1. The van der Waals surface area contributed by atoms with Gasteiger partial charge in [-0.05, 0) is 129 Å². The summed E-state index contributed by atoms with van der Waals surface area (Å²) in [7, 11) is 0.124. The van der Waals surface area contributed by atoms with E-state index >= 15 is 0 Å². The Bertz CT molecular complexity index is 462. The molecule has 0 atom stereocenters. The van der Waals surface area contributed by atoms with E-state index in [1.54, 1.807) is 0 Å². The zero-order valence-electron chi connectivity index (χ0n) is 34.0. The first-order valence-corrected chi connectivity index (χ1v) is 26.7. The predicted octanol–water partition coefficient (Wildman–Crippen LogP) is 7.95. The zero-order chi connectivity index (χ0) is 35.8. The van der Waals surface area contributed by atoms with Gasteiger partial charge < -0.3 is 48.8 Å². The normalized spacial score (nSPS) is 11.1. The third-order valence-corrected chi connectivity index (χ3v) is 18.2. The summed E-state index contributed by atoms with van der Waals surface area (Å²) in [6, 6.07) is 0. The van der Waals surface area contributed by atoms with Crippen LogP contribution in [0.2, 0.25) is 0 Å². The van der Waals surface area contributed by atoms with Gasteiger partial charge in [-0.1, -0.05) is 0 Å². The van der Waals surface area contributed by atoms with Crippen molar-refractivity contribution in [2.24, 2.45) is 0 Å². The van der Waals surface area contributed by atoms with Gasteiger partial charge in [-0.3, -0.25) is 0 Å². The minimum atomic E-state index is 0. The molecule has 0 N–H and O–H groups in total. The average Bonchev–Trinajstić information content (AvgIpc) is 3.09. The van der Waals surface area contributed by atoms with Crippen LogP contribution < -0.4 is 0 Å². The maximum atomic E-state index is 5.58. The van der Waals surface area contributed by atoms with Crippen LogP contribution in [0, 0.1) is 0 Å². The summed E-state index contributed by atoms with van der Waals surface area (Å²) in [5.41, 5.74) is 0. The van der Waals surface area contributed by atoms with Crippen molar-refractivity contribution in [1.82, 2.24) is 0 Å². The van der Waals surface area contributed by atoms with E-state index in [1.165, 1.54) is 73.9 Å². The molecule has 51 heavy (non-hydrogen) atoms. The van der Waals surface area contributed by atoms with Gasteiger partial charge in [0.25, 0.3) is 0 Å². The maximum absolute atomic E-state index is 5.58. The largest absolute Gasteiger partial charge is 4.00 e. The van der Waals surface area contributed by atoms with Gasteiger partial charge in [0, 0.05) is 52.9 Å². The number of hydrogen-bond acceptors (Lipinski definition) is 8. The minimum Gasteiger partial charge on any atom is -2.00 e. The Balaban J connectivity index is -0.000000261. The van der Waals surface area contributed by atoms with E-state index < -0.39 is 0 Å². The molecule has 0 rings (SSSR count). The molecule has 0 aromatic carbocycles. The van der Waals surface area contributed by atoms with Crippen LogP contribution in [0.5, 0.6) is 0 Å². The van der Waals surface area contributed by atoms with E-state index in [1.807, 2.05) is 0 Å². The monoisotopic (exact) mass is 893 g/mol. The first-order chi connectivity index (χ1) is 23.6. The van der Waals surface area contributed by atoms with E-state index in [0.717, 1.165) is 106 Å². The van der Waals surface area contributed by atoms with Crippen molar-refractivity contribution in [2.75, 3.05) is 180 Å². The van der Waals surface area contributed by atoms with Gasteiger partial charge in [0.15, 0.2) is 0 Å². The van der Waals surface area contributed by atoms with E-state index in [2.05, 4.69) is 55.4 Å². The fourth-order valence-corrected chi connectivity index (χ4v) is 14.9. The average molecular weight is 895 g/mol. The second kappa shape index (κ2) is 54.1. The number of hydrogen-bond donors (Lipinski definition) is 0. The van der Waals surface area contributed by atoms with E-state index in [9.17, 15) is 0 Å². The molecule has 0 unspecified atom stereocenters. The molecular formula is C36H80O10P4Tc. The fourth-order valence-electron chi connectivity index (χ4n) is 4.61. The maximum Gasteiger partial charge on any atom is 4.00 e. The number of rotatable bonds is 38. The van der Waals surface area contributed by atoms with Gasteiger partial charge in [0.1, 0.15) is 0 Å². The van der Waals surface area contributed by atoms with Crippen LogP contribution in [0.25, 0.3) is 0 Å². The summed E-state index contributed by atoms with van der Waals surface area (Å²) in [6.45, 7) is 30.4. The van der Waals surface area contributed by atoms with Crippen molar-refractivity contribution >= 4 is 31.7 Å². The Kier molecular flexibility index (Phi) is 65.9. The van der Waals surface area contributed by atoms with E-state index in [0.29, 0.717) is 0 Å². The van der Waals surface area contributed by atoms with Crippen LogP contribution in [-0.4, -0.2) is 180 Å². The second-order valence-electron chi connectivity index (χ2n) is 10.9. The predicted molar refractivity (Wildman–Crippen MR) is 219 cm³/mol. The second-order valence-corrected chi connectivity index (χ2v) is 21.7. The molecule has 0 heterocycles. The van der Waals surface area contributed by atoms with Crippen LogP contribution in [0.4, 0.5) is 0 Å². The Hall–Kier alpha value is 1.97. The third-order valence-electron chi connectivity index (χ3n) is 7.51. The summed E-state index contributed by atoms with van der Waals surface area (Å²) in [5.74, 6) is 0. The first-order valence-electron chi connectivity index (χ1n) is 19.1. The molecule has 15 heteroatoms. The fraction of sp³-hybridized carbons (Fsp3) is 1.00. The third kappa shape index (κ3) is 48.0. The van der Waals surface area contributed by atoms with Crippen LogP contribution in [0.1, 0.15) is 55.4 Å². The van der Waals surface area contributed by atoms with E-state index in [-0.39, 0.29) is 62.7 Å². The summed E-state index contributed by atoms with van der Waals surface area (Å²) < 4.78 is 44.6. The number of ether oxygens (including phenoxy) is 8.